The lowest BCUT2D eigenvalue weighted by atomic mass is 10.0. The van der Waals surface area contributed by atoms with Crippen molar-refractivity contribution in [3.8, 4) is 0 Å². The zero-order chi connectivity index (χ0) is 22.7. The number of rotatable bonds is 11. The fourth-order valence-corrected chi connectivity index (χ4v) is 2.46. The van der Waals surface area contributed by atoms with E-state index in [4.69, 9.17) is 16.2 Å². The van der Waals surface area contributed by atoms with Crippen LogP contribution in [0.2, 0.25) is 0 Å². The minimum atomic E-state index is -0.835. The lowest BCUT2D eigenvalue weighted by Gasteiger charge is -2.22. The van der Waals surface area contributed by atoms with Gasteiger partial charge in [-0.1, -0.05) is 26.0 Å². The Kier molecular flexibility index (Phi) is 10.3. The summed E-state index contributed by atoms with van der Waals surface area (Å²) in [4.78, 5) is 46.7. The van der Waals surface area contributed by atoms with Crippen LogP contribution >= 0.6 is 0 Å². The number of primary amides is 1. The number of hydrogen-bond donors (Lipinski definition) is 5. The Morgan fingerprint density at radius 2 is 1.70 bits per heavy atom. The number of carbonyl (C=O) groups is 4. The average Bonchev–Trinajstić information content (AvgIpc) is 2.68. The summed E-state index contributed by atoms with van der Waals surface area (Å²) in [6, 6.07) is 4.54. The second-order valence-electron chi connectivity index (χ2n) is 7.23. The molecule has 2 atom stereocenters. The van der Waals surface area contributed by atoms with Gasteiger partial charge in [0.2, 0.25) is 11.8 Å². The van der Waals surface area contributed by atoms with Gasteiger partial charge >= 0.3 is 12.0 Å². The lowest BCUT2D eigenvalue weighted by Crippen LogP contribution is -2.51. The highest BCUT2D eigenvalue weighted by Gasteiger charge is 2.25. The molecule has 10 heteroatoms. The summed E-state index contributed by atoms with van der Waals surface area (Å²) >= 11 is 0. The molecule has 0 aliphatic rings. The van der Waals surface area contributed by atoms with Gasteiger partial charge in [0.1, 0.15) is 12.6 Å². The molecule has 0 saturated carbocycles. The van der Waals surface area contributed by atoms with Crippen molar-refractivity contribution in [1.82, 2.24) is 10.6 Å². The van der Waals surface area contributed by atoms with E-state index in [0.29, 0.717) is 12.1 Å². The number of anilines is 1. The Balaban J connectivity index is 2.75. The molecule has 0 aromatic heterocycles. The summed E-state index contributed by atoms with van der Waals surface area (Å²) in [7, 11) is 0. The fraction of sp³-hybridized carbons (Fsp3) is 0.500. The van der Waals surface area contributed by atoms with Crippen LogP contribution in [0.4, 0.5) is 10.5 Å². The number of urea groups is 1. The van der Waals surface area contributed by atoms with Crippen LogP contribution in [0.3, 0.4) is 0 Å². The molecule has 1 rings (SSSR count). The Morgan fingerprint density at radius 3 is 2.23 bits per heavy atom. The van der Waals surface area contributed by atoms with Gasteiger partial charge in [-0.15, -0.1) is 0 Å². The normalized spacial score (nSPS) is 12.6. The molecule has 4 amide bonds. The molecule has 0 saturated heterocycles. The summed E-state index contributed by atoms with van der Waals surface area (Å²) in [5.74, 6) is -1.30. The predicted octanol–water partition coefficient (Wildman–Crippen LogP) is 0.605. The highest BCUT2D eigenvalue weighted by atomic mass is 16.5. The van der Waals surface area contributed by atoms with Crippen molar-refractivity contribution >= 4 is 29.5 Å². The van der Waals surface area contributed by atoms with E-state index in [0.717, 1.165) is 5.56 Å². The van der Waals surface area contributed by atoms with E-state index in [1.165, 1.54) is 6.92 Å². The van der Waals surface area contributed by atoms with Crippen molar-refractivity contribution in [2.45, 2.75) is 52.3 Å². The van der Waals surface area contributed by atoms with Gasteiger partial charge in [0, 0.05) is 19.2 Å². The number of amides is 4. The second kappa shape index (κ2) is 12.4. The number of benzene rings is 1. The van der Waals surface area contributed by atoms with E-state index in [2.05, 4.69) is 16.0 Å². The molecule has 0 heterocycles. The van der Waals surface area contributed by atoms with Gasteiger partial charge in [-0.3, -0.25) is 14.4 Å². The molecule has 0 fully saturated rings. The minimum Gasteiger partial charge on any atom is -0.461 e. The molecule has 0 radical (unpaired) electrons. The van der Waals surface area contributed by atoms with Gasteiger partial charge in [-0.2, -0.15) is 0 Å². The zero-order valence-electron chi connectivity index (χ0n) is 17.6. The van der Waals surface area contributed by atoms with Gasteiger partial charge in [-0.25, -0.2) is 4.79 Å². The average molecular weight is 421 g/mol. The van der Waals surface area contributed by atoms with Crippen LogP contribution < -0.4 is 27.4 Å². The van der Waals surface area contributed by atoms with Crippen molar-refractivity contribution in [3.05, 3.63) is 29.8 Å². The van der Waals surface area contributed by atoms with Crippen molar-refractivity contribution in [2.24, 2.45) is 17.4 Å². The number of esters is 1. The van der Waals surface area contributed by atoms with E-state index in [-0.39, 0.29) is 31.5 Å². The van der Waals surface area contributed by atoms with Crippen molar-refractivity contribution in [3.63, 3.8) is 0 Å². The summed E-state index contributed by atoms with van der Waals surface area (Å²) in [5.41, 5.74) is 12.2. The molecule has 30 heavy (non-hydrogen) atoms. The molecular formula is C20H31N5O5. The molecule has 0 spiro atoms. The van der Waals surface area contributed by atoms with E-state index < -0.39 is 29.9 Å². The van der Waals surface area contributed by atoms with Gasteiger partial charge in [0.05, 0.1) is 6.04 Å². The van der Waals surface area contributed by atoms with Crippen LogP contribution in [0.1, 0.15) is 39.2 Å². The predicted molar refractivity (Wildman–Crippen MR) is 112 cm³/mol. The first kappa shape index (κ1) is 24.9. The lowest BCUT2D eigenvalue weighted by molar-refractivity contribution is -0.142. The van der Waals surface area contributed by atoms with Crippen LogP contribution in [-0.4, -0.2) is 42.4 Å². The maximum Gasteiger partial charge on any atom is 0.312 e. The van der Waals surface area contributed by atoms with Gasteiger partial charge in [0.15, 0.2) is 0 Å². The third-order valence-electron chi connectivity index (χ3n) is 4.29. The Hall–Kier alpha value is -3.14. The van der Waals surface area contributed by atoms with Crippen molar-refractivity contribution < 1.29 is 23.9 Å². The van der Waals surface area contributed by atoms with Gasteiger partial charge in [-0.05, 0) is 36.5 Å². The first-order valence-electron chi connectivity index (χ1n) is 9.72. The SMILES string of the molecule is CC(=O)OCc1ccc(NC(=O)C(CCCNC(N)=O)NC(=O)[C@@H](N)C(C)C)cc1. The smallest absolute Gasteiger partial charge is 0.312 e. The monoisotopic (exact) mass is 421 g/mol. The molecular weight excluding hydrogens is 390 g/mol. The molecule has 7 N–H and O–H groups in total. The van der Waals surface area contributed by atoms with Gasteiger partial charge in [0.25, 0.3) is 0 Å². The number of hydrogen-bond acceptors (Lipinski definition) is 6. The summed E-state index contributed by atoms with van der Waals surface area (Å²) in [6.07, 6.45) is 0.715. The first-order valence-corrected chi connectivity index (χ1v) is 9.72. The van der Waals surface area contributed by atoms with Crippen molar-refractivity contribution in [1.29, 1.82) is 0 Å². The second-order valence-corrected chi connectivity index (χ2v) is 7.23. The van der Waals surface area contributed by atoms with Gasteiger partial charge < -0.3 is 32.2 Å². The van der Waals surface area contributed by atoms with Crippen LogP contribution in [-0.2, 0) is 25.7 Å². The fourth-order valence-electron chi connectivity index (χ4n) is 2.46. The molecule has 0 aliphatic heterocycles. The standard InChI is InChI=1S/C20H31N5O5/c1-12(2)17(21)19(28)25-16(5-4-10-23-20(22)29)18(27)24-15-8-6-14(7-9-15)11-30-13(3)26/h6-9,12,16-17H,4-5,10-11,21H2,1-3H3,(H,24,27)(H,25,28)(H3,22,23,29)/t16?,17-/m0/s1. The summed E-state index contributed by atoms with van der Waals surface area (Å²) in [5, 5.41) is 7.86. The third-order valence-corrected chi connectivity index (χ3v) is 4.29. The van der Waals surface area contributed by atoms with Crippen LogP contribution in [0, 0.1) is 5.92 Å². The topological polar surface area (TPSA) is 166 Å². The van der Waals surface area contributed by atoms with Crippen LogP contribution in [0.5, 0.6) is 0 Å². The summed E-state index contributed by atoms with van der Waals surface area (Å²) in [6.45, 7) is 5.37. The number of nitrogens with two attached hydrogens (primary N) is 2. The number of carbonyl (C=O) groups excluding carboxylic acids is 4. The van der Waals surface area contributed by atoms with E-state index >= 15 is 0 Å². The molecule has 166 valence electrons. The molecule has 1 unspecified atom stereocenters. The molecule has 1 aromatic rings. The van der Waals surface area contributed by atoms with E-state index in [1.807, 2.05) is 13.8 Å². The third kappa shape index (κ3) is 9.37. The molecule has 0 aliphatic carbocycles. The highest BCUT2D eigenvalue weighted by molar-refractivity contribution is 5.97. The number of nitrogens with one attached hydrogen (secondary N) is 3. The van der Waals surface area contributed by atoms with E-state index in [9.17, 15) is 19.2 Å². The maximum atomic E-state index is 12.7. The number of ether oxygens (including phenoxy) is 1. The van der Waals surface area contributed by atoms with Crippen LogP contribution in [0.25, 0.3) is 0 Å². The van der Waals surface area contributed by atoms with Crippen molar-refractivity contribution in [2.75, 3.05) is 11.9 Å². The maximum absolute atomic E-state index is 12.7. The molecule has 1 aromatic carbocycles. The molecule has 10 nitrogen and oxygen atoms in total. The van der Waals surface area contributed by atoms with Crippen LogP contribution in [0.15, 0.2) is 24.3 Å². The zero-order valence-corrected chi connectivity index (χ0v) is 17.6. The largest absolute Gasteiger partial charge is 0.461 e. The Labute approximate surface area is 176 Å². The van der Waals surface area contributed by atoms with E-state index in [1.54, 1.807) is 24.3 Å². The summed E-state index contributed by atoms with van der Waals surface area (Å²) < 4.78 is 4.92. The Morgan fingerprint density at radius 1 is 1.07 bits per heavy atom. The quantitative estimate of drug-likeness (QED) is 0.259. The minimum absolute atomic E-state index is 0.0880. The Bertz CT molecular complexity index is 736. The highest BCUT2D eigenvalue weighted by Crippen LogP contribution is 2.12. The first-order chi connectivity index (χ1) is 14.1. The molecule has 0 bridgehead atoms.